The van der Waals surface area contributed by atoms with Crippen molar-refractivity contribution in [1.82, 2.24) is 9.97 Å². The van der Waals surface area contributed by atoms with E-state index in [1.165, 1.54) is 18.2 Å². The van der Waals surface area contributed by atoms with Gasteiger partial charge in [0.1, 0.15) is 5.75 Å². The van der Waals surface area contributed by atoms with Crippen molar-refractivity contribution in [3.05, 3.63) is 87.6 Å². The molecule has 0 spiro atoms. The second-order valence-electron chi connectivity index (χ2n) is 6.50. The summed E-state index contributed by atoms with van der Waals surface area (Å²) >= 11 is 0. The van der Waals surface area contributed by atoms with Crippen LogP contribution in [0.1, 0.15) is 0 Å². The maximum atomic E-state index is 13.0. The van der Waals surface area contributed by atoms with Crippen LogP contribution in [-0.2, 0) is 10.0 Å². The number of sulfonamides is 1. The SMILES string of the molecule is COc1ccc(-c2ccccc2NS(=O)(=O)c2ccc3[nH]c(=O)[nH]c(=O)c3c2)cc1. The first-order chi connectivity index (χ1) is 14.4. The molecule has 0 aliphatic carbocycles. The second-order valence-corrected chi connectivity index (χ2v) is 8.18. The van der Waals surface area contributed by atoms with Crippen molar-refractivity contribution in [2.75, 3.05) is 11.8 Å². The summed E-state index contributed by atoms with van der Waals surface area (Å²) in [6.07, 6.45) is 0. The maximum absolute atomic E-state index is 13.0. The first-order valence-electron chi connectivity index (χ1n) is 8.90. The molecule has 4 rings (SSSR count). The van der Waals surface area contributed by atoms with Gasteiger partial charge in [-0.3, -0.25) is 14.5 Å². The highest BCUT2D eigenvalue weighted by atomic mass is 32.2. The fraction of sp³-hybridized carbons (Fsp3) is 0.0476. The zero-order chi connectivity index (χ0) is 21.3. The van der Waals surface area contributed by atoms with Gasteiger partial charge >= 0.3 is 5.69 Å². The molecule has 0 aliphatic rings. The van der Waals surface area contributed by atoms with Gasteiger partial charge in [-0.15, -0.1) is 0 Å². The molecule has 152 valence electrons. The minimum atomic E-state index is -3.99. The molecule has 0 aliphatic heterocycles. The molecule has 9 heteroatoms. The van der Waals surface area contributed by atoms with Crippen molar-refractivity contribution in [3.63, 3.8) is 0 Å². The third-order valence-electron chi connectivity index (χ3n) is 4.59. The van der Waals surface area contributed by atoms with Crippen molar-refractivity contribution < 1.29 is 13.2 Å². The van der Waals surface area contributed by atoms with E-state index in [1.807, 2.05) is 18.2 Å². The second kappa shape index (κ2) is 7.53. The number of H-pyrrole nitrogens is 2. The number of fused-ring (bicyclic) bond motifs is 1. The van der Waals surface area contributed by atoms with E-state index in [0.717, 1.165) is 5.56 Å². The Morgan fingerprint density at radius 2 is 1.63 bits per heavy atom. The van der Waals surface area contributed by atoms with Crippen LogP contribution in [0.2, 0.25) is 0 Å². The third kappa shape index (κ3) is 3.70. The van der Waals surface area contributed by atoms with Crippen LogP contribution in [0.5, 0.6) is 5.75 Å². The molecule has 0 saturated carbocycles. The van der Waals surface area contributed by atoms with Crippen LogP contribution >= 0.6 is 0 Å². The van der Waals surface area contributed by atoms with Crippen molar-refractivity contribution in [2.24, 2.45) is 0 Å². The van der Waals surface area contributed by atoms with Gasteiger partial charge in [0.05, 0.1) is 28.6 Å². The Hall–Kier alpha value is -3.85. The maximum Gasteiger partial charge on any atom is 0.326 e. The molecule has 1 aromatic heterocycles. The molecule has 0 bridgehead atoms. The molecule has 3 N–H and O–H groups in total. The lowest BCUT2D eigenvalue weighted by Crippen LogP contribution is -2.22. The first kappa shape index (κ1) is 19.5. The van der Waals surface area contributed by atoms with Crippen molar-refractivity contribution in [2.45, 2.75) is 4.90 Å². The van der Waals surface area contributed by atoms with Gasteiger partial charge in [0.15, 0.2) is 0 Å². The molecule has 8 nitrogen and oxygen atoms in total. The molecule has 1 heterocycles. The number of anilines is 1. The Kier molecular flexibility index (Phi) is 4.88. The highest BCUT2D eigenvalue weighted by Gasteiger charge is 2.18. The van der Waals surface area contributed by atoms with Crippen LogP contribution in [0.3, 0.4) is 0 Å². The quantitative estimate of drug-likeness (QED) is 0.456. The summed E-state index contributed by atoms with van der Waals surface area (Å²) < 4.78 is 33.7. The lowest BCUT2D eigenvalue weighted by Gasteiger charge is -2.13. The largest absolute Gasteiger partial charge is 0.497 e. The predicted molar refractivity (Wildman–Crippen MR) is 114 cm³/mol. The number of para-hydroxylation sites is 1. The molecule has 0 unspecified atom stereocenters. The number of hydrogen-bond acceptors (Lipinski definition) is 5. The lowest BCUT2D eigenvalue weighted by atomic mass is 10.0. The number of benzene rings is 3. The summed E-state index contributed by atoms with van der Waals surface area (Å²) in [5, 5.41) is 0.0703. The normalized spacial score (nSPS) is 11.4. The Bertz CT molecular complexity index is 1450. The highest BCUT2D eigenvalue weighted by molar-refractivity contribution is 7.92. The Morgan fingerprint density at radius 1 is 0.900 bits per heavy atom. The van der Waals surface area contributed by atoms with E-state index in [4.69, 9.17) is 4.74 Å². The molecule has 0 amide bonds. The smallest absolute Gasteiger partial charge is 0.326 e. The standard InChI is InChI=1S/C21H17N3O5S/c1-29-14-8-6-13(7-9-14)16-4-2-3-5-19(16)24-30(27,28)15-10-11-18-17(12-15)20(25)23-21(26)22-18/h2-12,24H,1H3,(H2,22,23,25,26). The van der Waals surface area contributed by atoms with E-state index in [-0.39, 0.29) is 15.8 Å². The van der Waals surface area contributed by atoms with Gasteiger partial charge < -0.3 is 9.72 Å². The molecule has 0 atom stereocenters. The Labute approximate surface area is 171 Å². The topological polar surface area (TPSA) is 121 Å². The van der Waals surface area contributed by atoms with Crippen LogP contribution in [0, 0.1) is 0 Å². The Morgan fingerprint density at radius 3 is 2.37 bits per heavy atom. The fourth-order valence-electron chi connectivity index (χ4n) is 3.11. The molecule has 0 radical (unpaired) electrons. The number of methoxy groups -OCH3 is 1. The van der Waals surface area contributed by atoms with Crippen LogP contribution in [0.4, 0.5) is 5.69 Å². The van der Waals surface area contributed by atoms with Gasteiger partial charge in [-0.1, -0.05) is 30.3 Å². The van der Waals surface area contributed by atoms with Gasteiger partial charge in [0.2, 0.25) is 0 Å². The summed E-state index contributed by atoms with van der Waals surface area (Å²) in [5.41, 5.74) is 0.812. The summed E-state index contributed by atoms with van der Waals surface area (Å²) in [6, 6.07) is 18.2. The minimum Gasteiger partial charge on any atom is -0.497 e. The minimum absolute atomic E-state index is 0.0703. The van der Waals surface area contributed by atoms with Gasteiger partial charge in [-0.2, -0.15) is 0 Å². The number of rotatable bonds is 5. The van der Waals surface area contributed by atoms with Crippen LogP contribution in [0.25, 0.3) is 22.0 Å². The van der Waals surface area contributed by atoms with E-state index in [9.17, 15) is 18.0 Å². The highest BCUT2D eigenvalue weighted by Crippen LogP contribution is 2.31. The molecular formula is C21H17N3O5S. The molecule has 4 aromatic rings. The monoisotopic (exact) mass is 423 g/mol. The zero-order valence-corrected chi connectivity index (χ0v) is 16.6. The van der Waals surface area contributed by atoms with E-state index in [1.54, 1.807) is 37.4 Å². The summed E-state index contributed by atoms with van der Waals surface area (Å²) in [7, 11) is -2.42. The van der Waals surface area contributed by atoms with E-state index in [2.05, 4.69) is 14.7 Å². The number of hydrogen-bond donors (Lipinski definition) is 3. The fourth-order valence-corrected chi connectivity index (χ4v) is 4.22. The number of aromatic nitrogens is 2. The zero-order valence-electron chi connectivity index (χ0n) is 15.8. The lowest BCUT2D eigenvalue weighted by molar-refractivity contribution is 0.415. The average Bonchev–Trinajstić information content (AvgIpc) is 2.73. The van der Waals surface area contributed by atoms with Gasteiger partial charge in [-0.05, 0) is 42.0 Å². The summed E-state index contributed by atoms with van der Waals surface area (Å²) in [6.45, 7) is 0. The van der Waals surface area contributed by atoms with Crippen molar-refractivity contribution in [3.8, 4) is 16.9 Å². The average molecular weight is 423 g/mol. The Balaban J connectivity index is 1.75. The van der Waals surface area contributed by atoms with E-state index < -0.39 is 21.3 Å². The molecule has 0 saturated heterocycles. The summed E-state index contributed by atoms with van der Waals surface area (Å²) in [4.78, 5) is 27.9. The number of nitrogens with one attached hydrogen (secondary N) is 3. The summed E-state index contributed by atoms with van der Waals surface area (Å²) in [5.74, 6) is 0.691. The van der Waals surface area contributed by atoms with Crippen LogP contribution < -0.4 is 20.7 Å². The number of aromatic amines is 2. The third-order valence-corrected chi connectivity index (χ3v) is 5.96. The molecule has 0 fully saturated rings. The van der Waals surface area contributed by atoms with E-state index >= 15 is 0 Å². The van der Waals surface area contributed by atoms with Gasteiger partial charge in [-0.25, -0.2) is 13.2 Å². The van der Waals surface area contributed by atoms with Crippen molar-refractivity contribution in [1.29, 1.82) is 0 Å². The first-order valence-corrected chi connectivity index (χ1v) is 10.4. The van der Waals surface area contributed by atoms with Gasteiger partial charge in [0, 0.05) is 5.56 Å². The molecule has 30 heavy (non-hydrogen) atoms. The van der Waals surface area contributed by atoms with Crippen LogP contribution in [-0.4, -0.2) is 25.5 Å². The number of ether oxygens (including phenoxy) is 1. The molecule has 3 aromatic carbocycles. The van der Waals surface area contributed by atoms with Crippen LogP contribution in [0.15, 0.2) is 81.2 Å². The van der Waals surface area contributed by atoms with Crippen molar-refractivity contribution >= 4 is 26.6 Å². The predicted octanol–water partition coefficient (Wildman–Crippen LogP) is 2.69. The molecular weight excluding hydrogens is 406 g/mol. The van der Waals surface area contributed by atoms with Gasteiger partial charge in [0.25, 0.3) is 15.6 Å². The van der Waals surface area contributed by atoms with E-state index in [0.29, 0.717) is 17.0 Å².